The molecule has 0 N–H and O–H groups in total. The van der Waals surface area contributed by atoms with E-state index in [2.05, 4.69) is 63.3 Å². The van der Waals surface area contributed by atoms with E-state index in [9.17, 15) is 0 Å². The van der Waals surface area contributed by atoms with Crippen LogP contribution >= 0.6 is 0 Å². The Hall–Kier alpha value is -2.60. The van der Waals surface area contributed by atoms with Gasteiger partial charge in [-0.2, -0.15) is 15.8 Å². The minimum absolute atomic E-state index is 0. The van der Waals surface area contributed by atoms with Crippen LogP contribution in [0.3, 0.4) is 0 Å². The number of hydrogen-bond donors (Lipinski definition) is 0. The van der Waals surface area contributed by atoms with Crippen LogP contribution in [0.5, 0.6) is 0 Å². The first kappa shape index (κ1) is 36.8. The predicted molar refractivity (Wildman–Crippen MR) is 110 cm³/mol. The molecule has 0 saturated heterocycles. The molecule has 0 aliphatic heterocycles. The number of methoxy groups -OCH3 is 1. The van der Waals surface area contributed by atoms with Gasteiger partial charge in [-0.3, -0.25) is 0 Å². The molecule has 1 aliphatic rings. The molecule has 0 amide bonds. The summed E-state index contributed by atoms with van der Waals surface area (Å²) in [7, 11) is 1.71. The van der Waals surface area contributed by atoms with Crippen molar-refractivity contribution < 1.29 is 36.1 Å². The summed E-state index contributed by atoms with van der Waals surface area (Å²) in [5.74, 6) is 0. The Kier molecular flexibility index (Phi) is 30.4. The van der Waals surface area contributed by atoms with Crippen LogP contribution in [-0.4, -0.2) is 12.7 Å². The normalized spacial score (nSPS) is 15.5. The molecule has 0 bridgehead atoms. The van der Waals surface area contributed by atoms with E-state index >= 15 is 0 Å². The SMILES string of the molecule is COC1(C)C=C(CCCC#N)C=C(CCCC#N)C=C1CCCC#N.[C-]#[O+].[C-]#[O+].[C-]#[O+].[Cr]. The summed E-state index contributed by atoms with van der Waals surface area (Å²) in [6, 6.07) is 6.59. The van der Waals surface area contributed by atoms with Crippen LogP contribution in [0.2, 0.25) is 0 Å². The predicted octanol–water partition coefficient (Wildman–Crippen LogP) is 5.15. The first-order valence-corrected chi connectivity index (χ1v) is 9.50. The Morgan fingerprint density at radius 2 is 1.19 bits per heavy atom. The van der Waals surface area contributed by atoms with Gasteiger partial charge in [-0.05, 0) is 68.2 Å². The van der Waals surface area contributed by atoms with Gasteiger partial charge >= 0.3 is 33.9 Å². The minimum atomic E-state index is -0.495. The molecule has 1 atom stereocenters. The molecule has 0 aromatic heterocycles. The van der Waals surface area contributed by atoms with Crippen molar-refractivity contribution in [3.05, 3.63) is 54.9 Å². The Morgan fingerprint density at radius 1 is 0.781 bits per heavy atom. The fourth-order valence-corrected chi connectivity index (χ4v) is 3.04. The Labute approximate surface area is 202 Å². The van der Waals surface area contributed by atoms with Crippen LogP contribution < -0.4 is 0 Å². The molecular formula is C24H27CrN3O4. The first-order valence-electron chi connectivity index (χ1n) is 9.50. The Balaban J connectivity index is -0.000000514. The zero-order valence-corrected chi connectivity index (χ0v) is 19.8. The van der Waals surface area contributed by atoms with Gasteiger partial charge in [0.15, 0.2) is 0 Å². The fourth-order valence-electron chi connectivity index (χ4n) is 3.04. The average molecular weight is 473 g/mol. The van der Waals surface area contributed by atoms with E-state index in [0.29, 0.717) is 19.3 Å². The molecule has 7 nitrogen and oxygen atoms in total. The minimum Gasteiger partial charge on any atom is 0 e. The monoisotopic (exact) mass is 473 g/mol. The van der Waals surface area contributed by atoms with Crippen molar-refractivity contribution in [3.63, 3.8) is 0 Å². The van der Waals surface area contributed by atoms with E-state index in [0.717, 1.165) is 38.5 Å². The van der Waals surface area contributed by atoms with Crippen molar-refractivity contribution in [1.82, 2.24) is 0 Å². The van der Waals surface area contributed by atoms with E-state index in [4.69, 9.17) is 34.5 Å². The molecule has 1 aliphatic carbocycles. The second-order valence-electron chi connectivity index (χ2n) is 6.45. The summed E-state index contributed by atoms with van der Waals surface area (Å²) in [4.78, 5) is 0. The van der Waals surface area contributed by atoms with Crippen LogP contribution in [0.25, 0.3) is 0 Å². The third-order valence-corrected chi connectivity index (χ3v) is 4.50. The smallest absolute Gasteiger partial charge is 0 e. The van der Waals surface area contributed by atoms with Gasteiger partial charge < -0.3 is 4.74 Å². The molecule has 0 saturated carbocycles. The fraction of sp³-hybridized carbons (Fsp3) is 0.500. The Morgan fingerprint density at radius 3 is 1.59 bits per heavy atom. The van der Waals surface area contributed by atoms with Gasteiger partial charge in [0.2, 0.25) is 0 Å². The van der Waals surface area contributed by atoms with Crippen LogP contribution in [-0.2, 0) is 36.1 Å². The zero-order valence-electron chi connectivity index (χ0n) is 18.5. The number of nitrogens with zero attached hydrogens (tertiary/aromatic N) is 3. The van der Waals surface area contributed by atoms with Crippen LogP contribution in [0, 0.1) is 53.9 Å². The van der Waals surface area contributed by atoms with Gasteiger partial charge in [0, 0.05) is 43.7 Å². The van der Waals surface area contributed by atoms with Gasteiger partial charge in [-0.15, -0.1) is 0 Å². The molecule has 0 spiro atoms. The maximum absolute atomic E-state index is 8.82. The number of allylic oxidation sites excluding steroid dienone is 4. The van der Waals surface area contributed by atoms with Gasteiger partial charge in [-0.25, -0.2) is 0 Å². The number of hydrogen-bond acceptors (Lipinski definition) is 4. The molecule has 0 fully saturated rings. The quantitative estimate of drug-likeness (QED) is 0.246. The second kappa shape index (κ2) is 26.4. The third-order valence-electron chi connectivity index (χ3n) is 4.50. The van der Waals surface area contributed by atoms with Crippen molar-refractivity contribution in [3.8, 4) is 18.2 Å². The maximum Gasteiger partial charge on any atom is 0 e. The maximum atomic E-state index is 8.82. The van der Waals surface area contributed by atoms with E-state index in [1.54, 1.807) is 7.11 Å². The molecular weight excluding hydrogens is 446 g/mol. The van der Waals surface area contributed by atoms with Crippen molar-refractivity contribution in [1.29, 1.82) is 15.8 Å². The molecule has 1 unspecified atom stereocenters. The molecule has 0 heterocycles. The van der Waals surface area contributed by atoms with E-state index in [1.165, 1.54) is 16.7 Å². The van der Waals surface area contributed by atoms with Crippen molar-refractivity contribution >= 4 is 0 Å². The second-order valence-corrected chi connectivity index (χ2v) is 6.45. The Bertz CT molecular complexity index is 775. The molecule has 0 aromatic carbocycles. The third kappa shape index (κ3) is 16.1. The first-order chi connectivity index (χ1) is 15.1. The van der Waals surface area contributed by atoms with E-state index in [-0.39, 0.29) is 17.4 Å². The number of ether oxygens (including phenoxy) is 1. The van der Waals surface area contributed by atoms with Crippen LogP contribution in [0.1, 0.15) is 64.7 Å². The molecule has 32 heavy (non-hydrogen) atoms. The number of rotatable bonds is 10. The van der Waals surface area contributed by atoms with Crippen molar-refractivity contribution in [2.75, 3.05) is 7.11 Å². The van der Waals surface area contributed by atoms with Crippen molar-refractivity contribution in [2.24, 2.45) is 0 Å². The summed E-state index contributed by atoms with van der Waals surface area (Å²) in [5.41, 5.74) is 3.05. The summed E-state index contributed by atoms with van der Waals surface area (Å²) >= 11 is 0. The van der Waals surface area contributed by atoms with Gasteiger partial charge in [-0.1, -0.05) is 12.2 Å². The van der Waals surface area contributed by atoms with Gasteiger partial charge in [0.25, 0.3) is 0 Å². The van der Waals surface area contributed by atoms with Gasteiger partial charge in [0.1, 0.15) is 5.60 Å². The van der Waals surface area contributed by atoms with Crippen LogP contribution in [0.15, 0.2) is 34.9 Å². The van der Waals surface area contributed by atoms with E-state index < -0.39 is 5.60 Å². The molecule has 1 rings (SSSR count). The standard InChI is InChI=1S/C21H27N3O.3CO.Cr/c1-21(25-2)17-19(10-4-7-13-23)15-18(9-3-6-12-22)16-20(21)11-5-8-14-24;3*1-2;/h15-17H,3-11H2,1-2H3;;;;. The molecule has 168 valence electrons. The number of nitriles is 3. The number of unbranched alkanes of at least 4 members (excludes halogenated alkanes) is 3. The largest absolute Gasteiger partial charge is 0 e. The average Bonchev–Trinajstić information content (AvgIpc) is 2.95. The zero-order chi connectivity index (χ0) is 24.5. The molecule has 8 heteroatoms. The topological polar surface area (TPSA) is 140 Å². The van der Waals surface area contributed by atoms with Crippen molar-refractivity contribution in [2.45, 2.75) is 70.3 Å². The summed E-state index contributed by atoms with van der Waals surface area (Å²) < 4.78 is 28.3. The molecule has 0 radical (unpaired) electrons. The van der Waals surface area contributed by atoms with E-state index in [1.807, 2.05) is 0 Å². The summed E-state index contributed by atoms with van der Waals surface area (Å²) in [6.45, 7) is 15.6. The molecule has 0 aromatic rings. The summed E-state index contributed by atoms with van der Waals surface area (Å²) in [6.07, 6.45) is 13.1. The summed E-state index contributed by atoms with van der Waals surface area (Å²) in [5, 5.41) is 26.4. The van der Waals surface area contributed by atoms with Gasteiger partial charge in [0.05, 0.1) is 18.2 Å². The van der Waals surface area contributed by atoms with Crippen LogP contribution in [0.4, 0.5) is 0 Å².